The van der Waals surface area contributed by atoms with Crippen molar-refractivity contribution in [3.63, 3.8) is 0 Å². The van der Waals surface area contributed by atoms with Crippen molar-refractivity contribution in [3.05, 3.63) is 35.4 Å². The number of nitrogens with zero attached hydrogens (tertiary/aromatic N) is 1. The molecule has 0 spiro atoms. The number of carbonyl (C=O) groups is 1. The molecule has 1 rings (SSSR count). The molecule has 0 N–H and O–H groups in total. The molecule has 0 fully saturated rings. The highest BCUT2D eigenvalue weighted by Gasteiger charge is 2.07. The van der Waals surface area contributed by atoms with Crippen molar-refractivity contribution in [3.8, 4) is 6.07 Å². The third-order valence-corrected chi connectivity index (χ3v) is 2.37. The van der Waals surface area contributed by atoms with Crippen molar-refractivity contribution in [1.29, 1.82) is 5.26 Å². The van der Waals surface area contributed by atoms with Gasteiger partial charge in [-0.1, -0.05) is 26.0 Å². The summed E-state index contributed by atoms with van der Waals surface area (Å²) < 4.78 is 5.15. The van der Waals surface area contributed by atoms with E-state index < -0.39 is 0 Å². The van der Waals surface area contributed by atoms with Gasteiger partial charge in [-0.25, -0.2) is 4.79 Å². The van der Waals surface area contributed by atoms with Crippen molar-refractivity contribution in [1.82, 2.24) is 0 Å². The molecule has 0 aliphatic heterocycles. The van der Waals surface area contributed by atoms with Gasteiger partial charge >= 0.3 is 5.97 Å². The Kier molecular flexibility index (Phi) is 5.22. The molecular weight excluding hydrogens is 214 g/mol. The first-order valence-electron chi connectivity index (χ1n) is 5.76. The van der Waals surface area contributed by atoms with Crippen LogP contribution in [-0.4, -0.2) is 12.6 Å². The third-order valence-electron chi connectivity index (χ3n) is 2.37. The summed E-state index contributed by atoms with van der Waals surface area (Å²) in [7, 11) is 0. The van der Waals surface area contributed by atoms with Crippen molar-refractivity contribution in [2.75, 3.05) is 6.61 Å². The summed E-state index contributed by atoms with van der Waals surface area (Å²) in [5.74, 6) is 0.207. The second-order valence-corrected chi connectivity index (χ2v) is 4.35. The molecule has 1 aromatic rings. The van der Waals surface area contributed by atoms with Gasteiger partial charge in [-0.2, -0.15) is 5.26 Å². The van der Waals surface area contributed by atoms with Crippen LogP contribution in [-0.2, 0) is 11.2 Å². The summed E-state index contributed by atoms with van der Waals surface area (Å²) in [6.07, 6.45) is 1.18. The molecule has 1 aromatic carbocycles. The molecule has 0 atom stereocenters. The van der Waals surface area contributed by atoms with Crippen LogP contribution in [0.4, 0.5) is 0 Å². The number of ether oxygens (including phenoxy) is 1. The van der Waals surface area contributed by atoms with E-state index in [0.717, 1.165) is 12.0 Å². The molecule has 0 radical (unpaired) electrons. The van der Waals surface area contributed by atoms with Gasteiger partial charge in [0.25, 0.3) is 0 Å². The zero-order chi connectivity index (χ0) is 12.7. The van der Waals surface area contributed by atoms with Crippen LogP contribution in [0.1, 0.15) is 36.2 Å². The van der Waals surface area contributed by atoms with Gasteiger partial charge < -0.3 is 4.74 Å². The topological polar surface area (TPSA) is 50.1 Å². The number of carbonyl (C=O) groups excluding carboxylic acids is 1. The molecule has 0 saturated heterocycles. The molecule has 0 aliphatic rings. The van der Waals surface area contributed by atoms with Gasteiger partial charge in [0.15, 0.2) is 0 Å². The standard InChI is InChI=1S/C14H17NO2/c1-11(2)7-9-17-14(16)13-5-3-4-12(10-13)6-8-15/h3-5,10-11H,6-7,9H2,1-2H3. The highest BCUT2D eigenvalue weighted by Crippen LogP contribution is 2.08. The Labute approximate surface area is 102 Å². The maximum atomic E-state index is 11.7. The van der Waals surface area contributed by atoms with E-state index in [1.807, 2.05) is 6.07 Å². The Balaban J connectivity index is 2.57. The summed E-state index contributed by atoms with van der Waals surface area (Å²) in [5.41, 5.74) is 1.35. The normalized spacial score (nSPS) is 10.0. The van der Waals surface area contributed by atoms with Crippen LogP contribution in [0.5, 0.6) is 0 Å². The maximum absolute atomic E-state index is 11.7. The fraction of sp³-hybridized carbons (Fsp3) is 0.429. The summed E-state index contributed by atoms with van der Waals surface area (Å²) in [6.45, 7) is 4.61. The van der Waals surface area contributed by atoms with Crippen LogP contribution in [0, 0.1) is 17.2 Å². The van der Waals surface area contributed by atoms with Crippen LogP contribution < -0.4 is 0 Å². The summed E-state index contributed by atoms with van der Waals surface area (Å²) >= 11 is 0. The molecule has 0 amide bonds. The highest BCUT2D eigenvalue weighted by molar-refractivity contribution is 5.89. The lowest BCUT2D eigenvalue weighted by Gasteiger charge is -2.07. The Bertz CT molecular complexity index is 418. The molecule has 0 aromatic heterocycles. The zero-order valence-corrected chi connectivity index (χ0v) is 10.3. The van der Waals surface area contributed by atoms with E-state index in [1.165, 1.54) is 0 Å². The second-order valence-electron chi connectivity index (χ2n) is 4.35. The first-order valence-corrected chi connectivity index (χ1v) is 5.76. The molecule has 0 aliphatic carbocycles. The molecule has 3 heteroatoms. The predicted octanol–water partition coefficient (Wildman–Crippen LogP) is 2.96. The van der Waals surface area contributed by atoms with Crippen molar-refractivity contribution < 1.29 is 9.53 Å². The Morgan fingerprint density at radius 2 is 2.24 bits per heavy atom. The van der Waals surface area contributed by atoms with Crippen molar-refractivity contribution >= 4 is 5.97 Å². The predicted molar refractivity (Wildman–Crippen MR) is 65.5 cm³/mol. The van der Waals surface area contributed by atoms with Gasteiger partial charge in [-0.15, -0.1) is 0 Å². The van der Waals surface area contributed by atoms with E-state index >= 15 is 0 Å². The average molecular weight is 231 g/mol. The number of esters is 1. The molecule has 90 valence electrons. The van der Waals surface area contributed by atoms with Crippen LogP contribution in [0.15, 0.2) is 24.3 Å². The van der Waals surface area contributed by atoms with E-state index in [0.29, 0.717) is 24.5 Å². The van der Waals surface area contributed by atoms with E-state index in [-0.39, 0.29) is 5.97 Å². The molecule has 0 unspecified atom stereocenters. The zero-order valence-electron chi connectivity index (χ0n) is 10.3. The minimum Gasteiger partial charge on any atom is -0.462 e. The molecule has 0 heterocycles. The van der Waals surface area contributed by atoms with Gasteiger partial charge in [0.05, 0.1) is 24.7 Å². The van der Waals surface area contributed by atoms with Gasteiger partial charge in [0.2, 0.25) is 0 Å². The smallest absolute Gasteiger partial charge is 0.338 e. The van der Waals surface area contributed by atoms with E-state index in [4.69, 9.17) is 10.00 Å². The largest absolute Gasteiger partial charge is 0.462 e. The molecule has 17 heavy (non-hydrogen) atoms. The maximum Gasteiger partial charge on any atom is 0.338 e. The molecule has 0 saturated carbocycles. The lowest BCUT2D eigenvalue weighted by molar-refractivity contribution is 0.0488. The van der Waals surface area contributed by atoms with E-state index in [1.54, 1.807) is 18.2 Å². The van der Waals surface area contributed by atoms with E-state index in [2.05, 4.69) is 19.9 Å². The van der Waals surface area contributed by atoms with Crippen molar-refractivity contribution in [2.24, 2.45) is 5.92 Å². The van der Waals surface area contributed by atoms with Gasteiger partial charge in [-0.3, -0.25) is 0 Å². The Hall–Kier alpha value is -1.82. The average Bonchev–Trinajstić information content (AvgIpc) is 2.29. The number of nitriles is 1. The molecule has 0 bridgehead atoms. The first-order chi connectivity index (χ1) is 8.13. The fourth-order valence-electron chi connectivity index (χ4n) is 1.37. The first kappa shape index (κ1) is 13.2. The minimum absolute atomic E-state index is 0.313. The SMILES string of the molecule is CC(C)CCOC(=O)c1cccc(CC#N)c1. The van der Waals surface area contributed by atoms with Crippen LogP contribution in [0.2, 0.25) is 0 Å². The highest BCUT2D eigenvalue weighted by atomic mass is 16.5. The monoisotopic (exact) mass is 231 g/mol. The number of benzene rings is 1. The lowest BCUT2D eigenvalue weighted by atomic mass is 10.1. The molecular formula is C14H17NO2. The van der Waals surface area contributed by atoms with Crippen molar-refractivity contribution in [2.45, 2.75) is 26.7 Å². The third kappa shape index (κ3) is 4.69. The summed E-state index contributed by atoms with van der Waals surface area (Å²) in [5, 5.41) is 8.59. The van der Waals surface area contributed by atoms with Gasteiger partial charge in [0.1, 0.15) is 0 Å². The molecule has 3 nitrogen and oxygen atoms in total. The van der Waals surface area contributed by atoms with Gasteiger partial charge in [-0.05, 0) is 30.0 Å². The van der Waals surface area contributed by atoms with Crippen LogP contribution >= 0.6 is 0 Å². The van der Waals surface area contributed by atoms with Gasteiger partial charge in [0, 0.05) is 0 Å². The fourth-order valence-corrected chi connectivity index (χ4v) is 1.37. The minimum atomic E-state index is -0.314. The van der Waals surface area contributed by atoms with Crippen LogP contribution in [0.25, 0.3) is 0 Å². The second kappa shape index (κ2) is 6.70. The number of hydrogen-bond acceptors (Lipinski definition) is 3. The van der Waals surface area contributed by atoms with Crippen LogP contribution in [0.3, 0.4) is 0 Å². The number of rotatable bonds is 5. The summed E-state index contributed by atoms with van der Waals surface area (Å²) in [4.78, 5) is 11.7. The lowest BCUT2D eigenvalue weighted by Crippen LogP contribution is -2.08. The number of hydrogen-bond donors (Lipinski definition) is 0. The quantitative estimate of drug-likeness (QED) is 0.732. The summed E-state index contributed by atoms with van der Waals surface area (Å²) in [6, 6.07) is 9.07. The Morgan fingerprint density at radius 1 is 1.47 bits per heavy atom. The van der Waals surface area contributed by atoms with E-state index in [9.17, 15) is 4.79 Å². The Morgan fingerprint density at radius 3 is 2.88 bits per heavy atom.